The number of halogens is 1. The molecule has 3 rings (SSSR count). The van der Waals surface area contributed by atoms with Gasteiger partial charge in [0.05, 0.1) is 11.2 Å². The van der Waals surface area contributed by atoms with Crippen molar-refractivity contribution < 1.29 is 9.18 Å². The highest BCUT2D eigenvalue weighted by Gasteiger charge is 2.23. The molecule has 0 aliphatic heterocycles. The summed E-state index contributed by atoms with van der Waals surface area (Å²) in [6.07, 6.45) is 0.568. The molecule has 1 heterocycles. The van der Waals surface area contributed by atoms with E-state index < -0.39 is 5.41 Å². The molecule has 0 spiro atoms. The lowest BCUT2D eigenvalue weighted by Crippen LogP contribution is -2.27. The fourth-order valence-corrected chi connectivity index (χ4v) is 2.89. The van der Waals surface area contributed by atoms with E-state index in [9.17, 15) is 4.79 Å². The van der Waals surface area contributed by atoms with E-state index in [2.05, 4.69) is 10.3 Å². The number of amides is 1. The molecule has 2 aromatic carbocycles. The standard InChI is InChI=1S/C22H23FN2O/c1-5-14-15-10-6-8-12-17(15)24-20(19(14)23)16-11-7-9-13-18(16)25-21(26)22(2,3)4/h6-13H,5H2,1-4H3,(H,25,26). The Kier molecular flexibility index (Phi) is 4.77. The number of nitrogens with one attached hydrogen (secondary N) is 1. The van der Waals surface area contributed by atoms with Gasteiger partial charge in [0.2, 0.25) is 5.91 Å². The van der Waals surface area contributed by atoms with Crippen LogP contribution in [0.1, 0.15) is 33.3 Å². The normalized spacial score (nSPS) is 11.6. The maximum Gasteiger partial charge on any atom is 0.229 e. The summed E-state index contributed by atoms with van der Waals surface area (Å²) in [5.41, 5.74) is 2.27. The molecule has 0 aliphatic carbocycles. The highest BCUT2D eigenvalue weighted by atomic mass is 19.1. The number of anilines is 1. The molecule has 0 bridgehead atoms. The van der Waals surface area contributed by atoms with Gasteiger partial charge in [-0.25, -0.2) is 9.37 Å². The fraction of sp³-hybridized carbons (Fsp3) is 0.273. The van der Waals surface area contributed by atoms with Crippen molar-refractivity contribution in [2.75, 3.05) is 5.32 Å². The van der Waals surface area contributed by atoms with E-state index >= 15 is 4.39 Å². The van der Waals surface area contributed by atoms with Crippen LogP contribution in [0.15, 0.2) is 48.5 Å². The second kappa shape index (κ2) is 6.87. The number of aromatic nitrogens is 1. The monoisotopic (exact) mass is 350 g/mol. The zero-order valence-corrected chi connectivity index (χ0v) is 15.6. The summed E-state index contributed by atoms with van der Waals surface area (Å²) >= 11 is 0. The predicted octanol–water partition coefficient (Wildman–Crippen LogP) is 5.59. The molecular weight excluding hydrogens is 327 g/mol. The van der Waals surface area contributed by atoms with Crippen molar-refractivity contribution in [3.8, 4) is 11.3 Å². The number of fused-ring (bicyclic) bond motifs is 1. The van der Waals surface area contributed by atoms with Crippen LogP contribution in [-0.4, -0.2) is 10.9 Å². The Morgan fingerprint density at radius 2 is 1.73 bits per heavy atom. The van der Waals surface area contributed by atoms with Gasteiger partial charge in [-0.05, 0) is 24.1 Å². The Hall–Kier alpha value is -2.75. The Balaban J connectivity index is 2.19. The molecule has 0 radical (unpaired) electrons. The van der Waals surface area contributed by atoms with Crippen molar-refractivity contribution in [1.29, 1.82) is 0 Å². The first-order valence-electron chi connectivity index (χ1n) is 8.81. The number of hydrogen-bond donors (Lipinski definition) is 1. The van der Waals surface area contributed by atoms with Gasteiger partial charge in [-0.15, -0.1) is 0 Å². The fourth-order valence-electron chi connectivity index (χ4n) is 2.89. The predicted molar refractivity (Wildman–Crippen MR) is 105 cm³/mol. The summed E-state index contributed by atoms with van der Waals surface area (Å²) in [4.78, 5) is 17.0. The van der Waals surface area contributed by atoms with Crippen LogP contribution in [0.25, 0.3) is 22.2 Å². The van der Waals surface area contributed by atoms with Crippen LogP contribution in [0, 0.1) is 11.2 Å². The van der Waals surface area contributed by atoms with Gasteiger partial charge in [0.25, 0.3) is 0 Å². The lowest BCUT2D eigenvalue weighted by molar-refractivity contribution is -0.123. The minimum atomic E-state index is -0.545. The number of rotatable bonds is 3. The second-order valence-electron chi connectivity index (χ2n) is 7.37. The molecule has 26 heavy (non-hydrogen) atoms. The van der Waals surface area contributed by atoms with Gasteiger partial charge in [0, 0.05) is 16.4 Å². The molecule has 1 N–H and O–H groups in total. The van der Waals surface area contributed by atoms with Gasteiger partial charge in [0.1, 0.15) is 5.69 Å². The number of hydrogen-bond acceptors (Lipinski definition) is 2. The molecule has 0 atom stereocenters. The van der Waals surface area contributed by atoms with Crippen molar-refractivity contribution in [2.45, 2.75) is 34.1 Å². The van der Waals surface area contributed by atoms with E-state index in [1.165, 1.54) is 0 Å². The Morgan fingerprint density at radius 3 is 2.42 bits per heavy atom. The van der Waals surface area contributed by atoms with Crippen LogP contribution in [0.4, 0.5) is 10.1 Å². The molecule has 0 aliphatic rings. The van der Waals surface area contributed by atoms with Crippen LogP contribution >= 0.6 is 0 Å². The smallest absolute Gasteiger partial charge is 0.229 e. The Labute approximate surface area is 153 Å². The third-order valence-corrected chi connectivity index (χ3v) is 4.40. The highest BCUT2D eigenvalue weighted by molar-refractivity contribution is 5.98. The zero-order chi connectivity index (χ0) is 18.9. The van der Waals surface area contributed by atoms with Gasteiger partial charge in [-0.3, -0.25) is 4.79 Å². The number of carbonyl (C=O) groups is 1. The quantitative estimate of drug-likeness (QED) is 0.669. The first-order chi connectivity index (χ1) is 12.3. The lowest BCUT2D eigenvalue weighted by atomic mass is 9.95. The van der Waals surface area contributed by atoms with E-state index in [4.69, 9.17) is 0 Å². The van der Waals surface area contributed by atoms with E-state index in [0.717, 1.165) is 10.9 Å². The van der Waals surface area contributed by atoms with E-state index in [-0.39, 0.29) is 17.4 Å². The molecule has 1 aromatic heterocycles. The molecule has 0 unspecified atom stereocenters. The summed E-state index contributed by atoms with van der Waals surface area (Å²) in [6, 6.07) is 14.8. The third kappa shape index (κ3) is 3.32. The largest absolute Gasteiger partial charge is 0.325 e. The maximum atomic E-state index is 15.3. The Bertz CT molecular complexity index is 974. The number of aryl methyl sites for hydroxylation is 1. The number of pyridine rings is 1. The number of nitrogens with zero attached hydrogens (tertiary/aromatic N) is 1. The number of carbonyl (C=O) groups excluding carboxylic acids is 1. The summed E-state index contributed by atoms with van der Waals surface area (Å²) < 4.78 is 15.3. The Morgan fingerprint density at radius 1 is 1.08 bits per heavy atom. The van der Waals surface area contributed by atoms with Crippen molar-refractivity contribution >= 4 is 22.5 Å². The summed E-state index contributed by atoms with van der Waals surface area (Å²) in [6.45, 7) is 7.46. The van der Waals surface area contributed by atoms with E-state index in [1.807, 2.05) is 64.1 Å². The highest BCUT2D eigenvalue weighted by Crippen LogP contribution is 2.34. The minimum absolute atomic E-state index is 0.123. The number of benzene rings is 2. The van der Waals surface area contributed by atoms with E-state index in [1.54, 1.807) is 12.1 Å². The van der Waals surface area contributed by atoms with Gasteiger partial charge in [-0.2, -0.15) is 0 Å². The number of para-hydroxylation sites is 2. The van der Waals surface area contributed by atoms with Crippen LogP contribution in [-0.2, 0) is 11.2 Å². The molecule has 0 saturated heterocycles. The van der Waals surface area contributed by atoms with Crippen LogP contribution in [0.2, 0.25) is 0 Å². The van der Waals surface area contributed by atoms with Gasteiger partial charge in [0.15, 0.2) is 5.82 Å². The summed E-state index contributed by atoms with van der Waals surface area (Å²) in [7, 11) is 0. The molecule has 0 fully saturated rings. The molecule has 134 valence electrons. The molecular formula is C22H23FN2O. The van der Waals surface area contributed by atoms with Crippen LogP contribution in [0.3, 0.4) is 0 Å². The summed E-state index contributed by atoms with van der Waals surface area (Å²) in [5.74, 6) is -0.453. The minimum Gasteiger partial charge on any atom is -0.325 e. The van der Waals surface area contributed by atoms with Crippen molar-refractivity contribution in [3.63, 3.8) is 0 Å². The first-order valence-corrected chi connectivity index (χ1v) is 8.81. The molecule has 3 nitrogen and oxygen atoms in total. The van der Waals surface area contributed by atoms with Crippen LogP contribution in [0.5, 0.6) is 0 Å². The lowest BCUT2D eigenvalue weighted by Gasteiger charge is -2.20. The SMILES string of the molecule is CCc1c(F)c(-c2ccccc2NC(=O)C(C)(C)C)nc2ccccc12. The molecule has 0 saturated carbocycles. The van der Waals surface area contributed by atoms with Gasteiger partial charge < -0.3 is 5.32 Å². The zero-order valence-electron chi connectivity index (χ0n) is 15.6. The molecule has 4 heteroatoms. The van der Waals surface area contributed by atoms with Crippen molar-refractivity contribution in [3.05, 3.63) is 59.9 Å². The topological polar surface area (TPSA) is 42.0 Å². The molecule has 3 aromatic rings. The second-order valence-corrected chi connectivity index (χ2v) is 7.37. The molecule has 1 amide bonds. The van der Waals surface area contributed by atoms with Gasteiger partial charge >= 0.3 is 0 Å². The van der Waals surface area contributed by atoms with Crippen molar-refractivity contribution in [2.24, 2.45) is 5.41 Å². The summed E-state index contributed by atoms with van der Waals surface area (Å²) in [5, 5.41) is 3.74. The average molecular weight is 350 g/mol. The first kappa shape index (κ1) is 18.1. The third-order valence-electron chi connectivity index (χ3n) is 4.40. The van der Waals surface area contributed by atoms with Crippen LogP contribution < -0.4 is 5.32 Å². The van der Waals surface area contributed by atoms with E-state index in [0.29, 0.717) is 23.2 Å². The van der Waals surface area contributed by atoms with Crippen molar-refractivity contribution in [1.82, 2.24) is 4.98 Å². The maximum absolute atomic E-state index is 15.3. The van der Waals surface area contributed by atoms with Gasteiger partial charge in [-0.1, -0.05) is 64.1 Å². The average Bonchev–Trinajstić information content (AvgIpc) is 2.61.